The molecule has 1 aromatic heterocycles. The van der Waals surface area contributed by atoms with Crippen LogP contribution in [0.25, 0.3) is 0 Å². The molecule has 0 aliphatic heterocycles. The van der Waals surface area contributed by atoms with Crippen molar-refractivity contribution < 1.29 is 4.79 Å². The van der Waals surface area contributed by atoms with E-state index in [-0.39, 0.29) is 18.3 Å². The van der Waals surface area contributed by atoms with E-state index in [9.17, 15) is 4.79 Å². The molecule has 2 rings (SSSR count). The largest absolute Gasteiger partial charge is 0.318 e. The van der Waals surface area contributed by atoms with E-state index in [0.717, 1.165) is 15.8 Å². The normalized spacial score (nSPS) is 10.9. The van der Waals surface area contributed by atoms with Gasteiger partial charge in [0.2, 0.25) is 5.91 Å². The first-order valence-electron chi connectivity index (χ1n) is 6.14. The molecular weight excluding hydrogens is 374 g/mol. The molecule has 7 heteroatoms. The number of anilines is 1. The Bertz CT molecular complexity index is 607. The number of aromatic nitrogens is 1. The predicted octanol–water partition coefficient (Wildman–Crippen LogP) is 3.59. The van der Waals surface area contributed by atoms with Crippen LogP contribution in [0.4, 0.5) is 5.13 Å². The Morgan fingerprint density at radius 2 is 2.00 bits per heavy atom. The van der Waals surface area contributed by atoms with Gasteiger partial charge in [0.05, 0.1) is 5.54 Å². The fourth-order valence-corrected chi connectivity index (χ4v) is 2.61. The Labute approximate surface area is 142 Å². The monoisotopic (exact) mass is 389 g/mol. The van der Waals surface area contributed by atoms with Gasteiger partial charge in [-0.1, -0.05) is 28.1 Å². The summed E-state index contributed by atoms with van der Waals surface area (Å²) in [6, 6.07) is 8.14. The number of benzene rings is 1. The molecule has 0 atom stereocenters. The van der Waals surface area contributed by atoms with Gasteiger partial charge >= 0.3 is 0 Å². The molecular formula is C14H17BrClN3OS. The summed E-state index contributed by atoms with van der Waals surface area (Å²) in [5.41, 5.74) is 6.03. The molecule has 0 saturated heterocycles. The summed E-state index contributed by atoms with van der Waals surface area (Å²) in [5, 5.41) is 3.32. The second-order valence-corrected chi connectivity index (χ2v) is 7.14. The highest BCUT2D eigenvalue weighted by Crippen LogP contribution is 2.22. The van der Waals surface area contributed by atoms with Crippen LogP contribution >= 0.6 is 39.7 Å². The van der Waals surface area contributed by atoms with Crippen molar-refractivity contribution in [1.82, 2.24) is 4.98 Å². The first kappa shape index (κ1) is 18.1. The summed E-state index contributed by atoms with van der Waals surface area (Å²) in [4.78, 5) is 17.1. The SMILES string of the molecule is CC(C)(N)C(=O)Nc1ncc(Cc2ccc(Br)cc2)s1.Cl. The fraction of sp³-hybridized carbons (Fsp3) is 0.286. The van der Waals surface area contributed by atoms with Gasteiger partial charge in [0.15, 0.2) is 5.13 Å². The number of nitrogens with two attached hydrogens (primary N) is 1. The van der Waals surface area contributed by atoms with Gasteiger partial charge in [0, 0.05) is 22.0 Å². The van der Waals surface area contributed by atoms with Gasteiger partial charge in [0.25, 0.3) is 0 Å². The van der Waals surface area contributed by atoms with Crippen LogP contribution in [0.15, 0.2) is 34.9 Å². The number of hydrogen-bond donors (Lipinski definition) is 2. The van der Waals surface area contributed by atoms with Gasteiger partial charge < -0.3 is 11.1 Å². The van der Waals surface area contributed by atoms with Gasteiger partial charge in [-0.3, -0.25) is 4.79 Å². The maximum absolute atomic E-state index is 11.8. The highest BCUT2D eigenvalue weighted by molar-refractivity contribution is 9.10. The molecule has 114 valence electrons. The van der Waals surface area contributed by atoms with Crippen molar-refractivity contribution in [3.63, 3.8) is 0 Å². The van der Waals surface area contributed by atoms with Crippen LogP contribution in [0.2, 0.25) is 0 Å². The van der Waals surface area contributed by atoms with Gasteiger partial charge in [-0.25, -0.2) is 4.98 Å². The third kappa shape index (κ3) is 5.39. The van der Waals surface area contributed by atoms with Crippen LogP contribution < -0.4 is 11.1 Å². The summed E-state index contributed by atoms with van der Waals surface area (Å²) in [7, 11) is 0. The maximum Gasteiger partial charge on any atom is 0.245 e. The van der Waals surface area contributed by atoms with E-state index < -0.39 is 5.54 Å². The number of thiazole rings is 1. The first-order valence-corrected chi connectivity index (χ1v) is 7.75. The molecule has 0 spiro atoms. The van der Waals surface area contributed by atoms with Crippen molar-refractivity contribution >= 4 is 50.7 Å². The summed E-state index contributed by atoms with van der Waals surface area (Å²) in [6.07, 6.45) is 2.58. The molecule has 21 heavy (non-hydrogen) atoms. The summed E-state index contributed by atoms with van der Waals surface area (Å²) in [5.74, 6) is -0.234. The molecule has 0 aliphatic carbocycles. The molecule has 0 fully saturated rings. The van der Waals surface area contributed by atoms with Crippen molar-refractivity contribution in [2.24, 2.45) is 5.73 Å². The number of carbonyl (C=O) groups excluding carboxylic acids is 1. The number of hydrogen-bond acceptors (Lipinski definition) is 4. The first-order chi connectivity index (χ1) is 9.34. The van der Waals surface area contributed by atoms with Crippen molar-refractivity contribution in [3.8, 4) is 0 Å². The molecule has 0 aliphatic rings. The number of nitrogens with one attached hydrogen (secondary N) is 1. The quantitative estimate of drug-likeness (QED) is 0.838. The van der Waals surface area contributed by atoms with Crippen LogP contribution in [-0.4, -0.2) is 16.4 Å². The molecule has 2 aromatic rings. The standard InChI is InChI=1S/C14H16BrN3OS.ClH/c1-14(2,16)12(19)18-13-17-8-11(20-13)7-9-3-5-10(15)6-4-9;/h3-6,8H,7,16H2,1-2H3,(H,17,18,19);1H. The van der Waals surface area contributed by atoms with E-state index in [1.807, 2.05) is 12.1 Å². The lowest BCUT2D eigenvalue weighted by molar-refractivity contribution is -0.120. The Morgan fingerprint density at radius 1 is 1.38 bits per heavy atom. The Balaban J connectivity index is 0.00000220. The Hall–Kier alpha value is -0.950. The molecule has 1 aromatic carbocycles. The highest BCUT2D eigenvalue weighted by Gasteiger charge is 2.22. The van der Waals surface area contributed by atoms with E-state index in [4.69, 9.17) is 5.73 Å². The third-order valence-corrected chi connectivity index (χ3v) is 4.09. The summed E-state index contributed by atoms with van der Waals surface area (Å²) < 4.78 is 1.06. The van der Waals surface area contributed by atoms with Gasteiger partial charge in [-0.15, -0.1) is 23.7 Å². The Morgan fingerprint density at radius 3 is 2.57 bits per heavy atom. The van der Waals surface area contributed by atoms with Crippen molar-refractivity contribution in [2.75, 3.05) is 5.32 Å². The van der Waals surface area contributed by atoms with Crippen molar-refractivity contribution in [1.29, 1.82) is 0 Å². The van der Waals surface area contributed by atoms with Crippen LogP contribution in [0.5, 0.6) is 0 Å². The van der Waals surface area contributed by atoms with E-state index in [1.54, 1.807) is 20.0 Å². The molecule has 4 nitrogen and oxygen atoms in total. The number of amides is 1. The number of carbonyl (C=O) groups is 1. The number of halogens is 2. The second kappa shape index (κ2) is 7.35. The minimum Gasteiger partial charge on any atom is -0.318 e. The third-order valence-electron chi connectivity index (χ3n) is 2.65. The minimum atomic E-state index is -0.905. The average molecular weight is 391 g/mol. The van der Waals surface area contributed by atoms with Crippen LogP contribution in [0, 0.1) is 0 Å². The molecule has 0 unspecified atom stereocenters. The van der Waals surface area contributed by atoms with Crippen molar-refractivity contribution in [3.05, 3.63) is 45.4 Å². The molecule has 3 N–H and O–H groups in total. The molecule has 1 heterocycles. The van der Waals surface area contributed by atoms with Crippen molar-refractivity contribution in [2.45, 2.75) is 25.8 Å². The smallest absolute Gasteiger partial charge is 0.245 e. The maximum atomic E-state index is 11.8. The van der Waals surface area contributed by atoms with E-state index in [2.05, 4.69) is 38.4 Å². The fourth-order valence-electron chi connectivity index (χ4n) is 1.51. The van der Waals surface area contributed by atoms with E-state index >= 15 is 0 Å². The minimum absolute atomic E-state index is 0. The van der Waals surface area contributed by atoms with Crippen LogP contribution in [0.1, 0.15) is 24.3 Å². The molecule has 0 radical (unpaired) electrons. The highest BCUT2D eigenvalue weighted by atomic mass is 79.9. The zero-order valence-electron chi connectivity index (χ0n) is 11.7. The zero-order chi connectivity index (χ0) is 14.8. The lowest BCUT2D eigenvalue weighted by Gasteiger charge is -2.16. The summed E-state index contributed by atoms with van der Waals surface area (Å²) >= 11 is 4.88. The van der Waals surface area contributed by atoms with Gasteiger partial charge in [0.1, 0.15) is 0 Å². The predicted molar refractivity (Wildman–Crippen MR) is 93.2 cm³/mol. The van der Waals surface area contributed by atoms with Gasteiger partial charge in [-0.2, -0.15) is 0 Å². The van der Waals surface area contributed by atoms with E-state index in [1.165, 1.54) is 16.9 Å². The topological polar surface area (TPSA) is 68.0 Å². The Kier molecular flexibility index (Phi) is 6.34. The summed E-state index contributed by atoms with van der Waals surface area (Å²) in [6.45, 7) is 3.33. The number of nitrogens with zero attached hydrogens (tertiary/aromatic N) is 1. The molecule has 0 saturated carbocycles. The van der Waals surface area contributed by atoms with Crippen LogP contribution in [0.3, 0.4) is 0 Å². The number of rotatable bonds is 4. The zero-order valence-corrected chi connectivity index (χ0v) is 14.9. The molecule has 0 bridgehead atoms. The molecule has 1 amide bonds. The lowest BCUT2D eigenvalue weighted by Crippen LogP contribution is -2.45. The van der Waals surface area contributed by atoms with Gasteiger partial charge in [-0.05, 0) is 31.5 Å². The van der Waals surface area contributed by atoms with Crippen LogP contribution in [-0.2, 0) is 11.2 Å². The second-order valence-electron chi connectivity index (χ2n) is 5.11. The average Bonchev–Trinajstić information content (AvgIpc) is 2.78. The van der Waals surface area contributed by atoms with E-state index in [0.29, 0.717) is 5.13 Å². The lowest BCUT2D eigenvalue weighted by atomic mass is 10.1.